The van der Waals surface area contributed by atoms with E-state index in [0.717, 1.165) is 16.5 Å². The second-order valence-electron chi connectivity index (χ2n) is 4.66. The maximum Gasteiger partial charge on any atom is 0.156 e. The minimum Gasteiger partial charge on any atom is -0.324 e. The zero-order valence-corrected chi connectivity index (χ0v) is 10.1. The van der Waals surface area contributed by atoms with Crippen molar-refractivity contribution in [2.75, 3.05) is 6.54 Å². The lowest BCUT2D eigenvalue weighted by atomic mass is 9.80. The first-order valence-corrected chi connectivity index (χ1v) is 5.64. The molecule has 0 saturated heterocycles. The van der Waals surface area contributed by atoms with Crippen molar-refractivity contribution in [2.24, 2.45) is 5.73 Å². The zero-order valence-electron chi connectivity index (χ0n) is 10.1. The number of hydrogen-bond donors (Lipinski definition) is 1. The molecule has 0 radical (unpaired) electrons. The molecule has 2 rings (SSSR count). The van der Waals surface area contributed by atoms with Crippen molar-refractivity contribution in [3.63, 3.8) is 0 Å². The maximum atomic E-state index is 11.8. The van der Waals surface area contributed by atoms with Gasteiger partial charge in [0.25, 0.3) is 0 Å². The number of benzene rings is 1. The lowest BCUT2D eigenvalue weighted by molar-refractivity contribution is -0.122. The van der Waals surface area contributed by atoms with Crippen LogP contribution in [0.2, 0.25) is 0 Å². The number of aromatic nitrogens is 1. The third-order valence-corrected chi connectivity index (χ3v) is 3.21. The SMILES string of the molecule is CC(C)(C(=O)CN)c1ccc2ncccc2c1. The van der Waals surface area contributed by atoms with Crippen molar-refractivity contribution in [3.8, 4) is 0 Å². The quantitative estimate of drug-likeness (QED) is 0.874. The Morgan fingerprint density at radius 2 is 2.12 bits per heavy atom. The normalized spacial score (nSPS) is 11.7. The third kappa shape index (κ3) is 2.06. The molecule has 1 heterocycles. The Balaban J connectivity index is 2.53. The van der Waals surface area contributed by atoms with Crippen molar-refractivity contribution < 1.29 is 4.79 Å². The van der Waals surface area contributed by atoms with Gasteiger partial charge in [-0.3, -0.25) is 9.78 Å². The van der Waals surface area contributed by atoms with E-state index in [2.05, 4.69) is 4.98 Å². The van der Waals surface area contributed by atoms with Crippen LogP contribution in [-0.4, -0.2) is 17.3 Å². The van der Waals surface area contributed by atoms with Crippen LogP contribution in [0.4, 0.5) is 0 Å². The molecule has 3 heteroatoms. The molecule has 17 heavy (non-hydrogen) atoms. The van der Waals surface area contributed by atoms with Crippen LogP contribution in [0.5, 0.6) is 0 Å². The number of carbonyl (C=O) groups excluding carboxylic acids is 1. The Morgan fingerprint density at radius 3 is 2.82 bits per heavy atom. The monoisotopic (exact) mass is 228 g/mol. The summed E-state index contributed by atoms with van der Waals surface area (Å²) in [6.45, 7) is 3.87. The van der Waals surface area contributed by atoms with E-state index in [-0.39, 0.29) is 12.3 Å². The van der Waals surface area contributed by atoms with Crippen LogP contribution in [0.3, 0.4) is 0 Å². The highest BCUT2D eigenvalue weighted by atomic mass is 16.1. The van der Waals surface area contributed by atoms with Gasteiger partial charge in [-0.15, -0.1) is 0 Å². The van der Waals surface area contributed by atoms with Crippen molar-refractivity contribution >= 4 is 16.7 Å². The molecule has 0 bridgehead atoms. The molecule has 1 aromatic heterocycles. The summed E-state index contributed by atoms with van der Waals surface area (Å²) in [7, 11) is 0. The summed E-state index contributed by atoms with van der Waals surface area (Å²) in [6, 6.07) is 9.79. The van der Waals surface area contributed by atoms with Crippen molar-refractivity contribution in [3.05, 3.63) is 42.1 Å². The Morgan fingerprint density at radius 1 is 1.35 bits per heavy atom. The summed E-state index contributed by atoms with van der Waals surface area (Å²) in [5.41, 5.74) is 6.82. The molecule has 0 atom stereocenters. The van der Waals surface area contributed by atoms with E-state index in [1.807, 2.05) is 44.2 Å². The van der Waals surface area contributed by atoms with Crippen LogP contribution in [0.1, 0.15) is 19.4 Å². The molecule has 0 unspecified atom stereocenters. The summed E-state index contributed by atoms with van der Waals surface area (Å²) in [5.74, 6) is 0.0424. The lowest BCUT2D eigenvalue weighted by Gasteiger charge is -2.23. The number of pyridine rings is 1. The molecule has 0 aliphatic heterocycles. The average Bonchev–Trinajstić information content (AvgIpc) is 2.37. The van der Waals surface area contributed by atoms with Crippen LogP contribution < -0.4 is 5.73 Å². The smallest absolute Gasteiger partial charge is 0.156 e. The van der Waals surface area contributed by atoms with Gasteiger partial charge >= 0.3 is 0 Å². The Bertz CT molecular complexity index is 561. The second kappa shape index (κ2) is 4.26. The predicted molar refractivity (Wildman–Crippen MR) is 68.8 cm³/mol. The number of rotatable bonds is 3. The van der Waals surface area contributed by atoms with Gasteiger partial charge in [-0.1, -0.05) is 12.1 Å². The fourth-order valence-corrected chi connectivity index (χ4v) is 1.88. The third-order valence-electron chi connectivity index (χ3n) is 3.21. The summed E-state index contributed by atoms with van der Waals surface area (Å²) in [5, 5.41) is 1.04. The molecule has 0 amide bonds. The van der Waals surface area contributed by atoms with Gasteiger partial charge in [0.15, 0.2) is 5.78 Å². The van der Waals surface area contributed by atoms with Crippen molar-refractivity contribution in [1.29, 1.82) is 0 Å². The maximum absolute atomic E-state index is 11.8. The molecule has 3 nitrogen and oxygen atoms in total. The van der Waals surface area contributed by atoms with Gasteiger partial charge in [0.05, 0.1) is 12.1 Å². The van der Waals surface area contributed by atoms with E-state index >= 15 is 0 Å². The molecule has 2 aromatic rings. The summed E-state index contributed by atoms with van der Waals surface area (Å²) in [4.78, 5) is 16.1. The summed E-state index contributed by atoms with van der Waals surface area (Å²) < 4.78 is 0. The minimum absolute atomic E-state index is 0.0424. The number of carbonyl (C=O) groups is 1. The van der Waals surface area contributed by atoms with E-state index in [9.17, 15) is 4.79 Å². The van der Waals surface area contributed by atoms with Gasteiger partial charge in [-0.25, -0.2) is 0 Å². The summed E-state index contributed by atoms with van der Waals surface area (Å²) in [6.07, 6.45) is 1.76. The molecule has 0 aliphatic rings. The number of nitrogens with zero attached hydrogens (tertiary/aromatic N) is 1. The first kappa shape index (κ1) is 11.7. The zero-order chi connectivity index (χ0) is 12.5. The van der Waals surface area contributed by atoms with Gasteiger partial charge < -0.3 is 5.73 Å². The molecule has 0 spiro atoms. The second-order valence-corrected chi connectivity index (χ2v) is 4.66. The van der Waals surface area contributed by atoms with E-state index < -0.39 is 5.41 Å². The number of hydrogen-bond acceptors (Lipinski definition) is 3. The largest absolute Gasteiger partial charge is 0.324 e. The van der Waals surface area contributed by atoms with Gasteiger partial charge in [-0.05, 0) is 37.6 Å². The number of Topliss-reactive ketones (excluding diaryl/α,β-unsaturated/α-hetero) is 1. The fraction of sp³-hybridized carbons (Fsp3) is 0.286. The topological polar surface area (TPSA) is 56.0 Å². The van der Waals surface area contributed by atoms with Crippen LogP contribution in [-0.2, 0) is 10.2 Å². The number of ketones is 1. The van der Waals surface area contributed by atoms with E-state index in [1.54, 1.807) is 6.20 Å². The standard InChI is InChI=1S/C14H16N2O/c1-14(2,13(17)9-15)11-5-6-12-10(8-11)4-3-7-16-12/h3-8H,9,15H2,1-2H3. The van der Waals surface area contributed by atoms with Gasteiger partial charge in [-0.2, -0.15) is 0 Å². The lowest BCUT2D eigenvalue weighted by Crippen LogP contribution is -2.34. The highest BCUT2D eigenvalue weighted by Crippen LogP contribution is 2.26. The van der Waals surface area contributed by atoms with Gasteiger partial charge in [0.1, 0.15) is 0 Å². The van der Waals surface area contributed by atoms with E-state index in [0.29, 0.717) is 0 Å². The van der Waals surface area contributed by atoms with Gasteiger partial charge in [0.2, 0.25) is 0 Å². The Labute approximate surface area is 101 Å². The minimum atomic E-state index is -0.543. The Hall–Kier alpha value is -1.74. The first-order chi connectivity index (χ1) is 8.05. The predicted octanol–water partition coefficient (Wildman–Crippen LogP) is 2.04. The van der Waals surface area contributed by atoms with Crippen LogP contribution >= 0.6 is 0 Å². The fourth-order valence-electron chi connectivity index (χ4n) is 1.88. The molecule has 2 N–H and O–H groups in total. The number of nitrogens with two attached hydrogens (primary N) is 1. The molecule has 0 fully saturated rings. The average molecular weight is 228 g/mol. The highest BCUT2D eigenvalue weighted by Gasteiger charge is 2.28. The Kier molecular flexibility index (Phi) is 2.94. The van der Waals surface area contributed by atoms with Crippen LogP contribution in [0, 0.1) is 0 Å². The van der Waals surface area contributed by atoms with Crippen LogP contribution in [0.25, 0.3) is 10.9 Å². The van der Waals surface area contributed by atoms with E-state index in [4.69, 9.17) is 5.73 Å². The molecular formula is C14H16N2O. The van der Waals surface area contributed by atoms with Gasteiger partial charge in [0, 0.05) is 17.0 Å². The molecule has 0 aliphatic carbocycles. The molecular weight excluding hydrogens is 212 g/mol. The molecule has 0 saturated carbocycles. The first-order valence-electron chi connectivity index (χ1n) is 5.64. The van der Waals surface area contributed by atoms with E-state index in [1.165, 1.54) is 0 Å². The van der Waals surface area contributed by atoms with Crippen molar-refractivity contribution in [1.82, 2.24) is 4.98 Å². The number of fused-ring (bicyclic) bond motifs is 1. The summed E-state index contributed by atoms with van der Waals surface area (Å²) >= 11 is 0. The molecule has 88 valence electrons. The van der Waals surface area contributed by atoms with Crippen LogP contribution in [0.15, 0.2) is 36.5 Å². The highest BCUT2D eigenvalue weighted by molar-refractivity contribution is 5.92. The molecule has 1 aromatic carbocycles. The van der Waals surface area contributed by atoms with Crippen molar-refractivity contribution in [2.45, 2.75) is 19.3 Å².